The molecule has 1 fully saturated rings. The summed E-state index contributed by atoms with van der Waals surface area (Å²) in [6.45, 7) is 1.41. The molecule has 0 spiro atoms. The van der Waals surface area contributed by atoms with Crippen LogP contribution in [0.15, 0.2) is 48.5 Å². The number of carbonyl (C=O) groups is 3. The van der Waals surface area contributed by atoms with Gasteiger partial charge in [0.1, 0.15) is 12.5 Å². The number of carbonyl (C=O) groups excluding carboxylic acids is 2. The summed E-state index contributed by atoms with van der Waals surface area (Å²) in [6, 6.07) is 15.2. The van der Waals surface area contributed by atoms with Gasteiger partial charge in [-0.2, -0.15) is 0 Å². The summed E-state index contributed by atoms with van der Waals surface area (Å²) in [5, 5.41) is 13.7. The number of rotatable bonds is 10. The number of alkyl carbamates (subject to hydrolysis) is 1. The van der Waals surface area contributed by atoms with Crippen LogP contribution in [0.5, 0.6) is 0 Å². The molecule has 0 heterocycles. The first-order valence-electron chi connectivity index (χ1n) is 11.7. The SMILES string of the molecule is CCC(CCC(=O)O)NC(=O)[C@@H]1[C@H](CNC(=O)OCC2c3ccccc3-c3ccccc32)C1(F)F. The number of hydrogen-bond donors (Lipinski definition) is 3. The van der Waals surface area contributed by atoms with E-state index in [1.807, 2.05) is 48.5 Å². The van der Waals surface area contributed by atoms with Gasteiger partial charge in [-0.3, -0.25) is 9.59 Å². The maximum atomic E-state index is 14.2. The van der Waals surface area contributed by atoms with E-state index in [9.17, 15) is 23.2 Å². The molecular weight excluding hydrogens is 458 g/mol. The van der Waals surface area contributed by atoms with Crippen LogP contribution in [0, 0.1) is 11.8 Å². The predicted molar refractivity (Wildman–Crippen MR) is 124 cm³/mol. The maximum Gasteiger partial charge on any atom is 0.407 e. The molecule has 2 aromatic carbocycles. The fraction of sp³-hybridized carbons (Fsp3) is 0.423. The van der Waals surface area contributed by atoms with Crippen molar-refractivity contribution in [1.29, 1.82) is 0 Å². The van der Waals surface area contributed by atoms with Gasteiger partial charge in [-0.1, -0.05) is 55.5 Å². The number of nitrogens with one attached hydrogen (secondary N) is 2. The van der Waals surface area contributed by atoms with Crippen LogP contribution in [0.25, 0.3) is 11.1 Å². The molecule has 4 rings (SSSR count). The normalized spacial score (nSPS) is 20.3. The summed E-state index contributed by atoms with van der Waals surface area (Å²) in [5.74, 6) is -8.13. The quantitative estimate of drug-likeness (QED) is 0.468. The van der Waals surface area contributed by atoms with Crippen LogP contribution in [0.1, 0.15) is 43.2 Å². The van der Waals surface area contributed by atoms with Gasteiger partial charge in [0, 0.05) is 24.9 Å². The molecule has 2 aliphatic rings. The Morgan fingerprint density at radius 2 is 1.66 bits per heavy atom. The lowest BCUT2D eigenvalue weighted by Gasteiger charge is -2.16. The zero-order chi connectivity index (χ0) is 25.2. The monoisotopic (exact) mass is 486 g/mol. The van der Waals surface area contributed by atoms with Gasteiger partial charge in [-0.15, -0.1) is 0 Å². The molecule has 3 N–H and O–H groups in total. The van der Waals surface area contributed by atoms with E-state index < -0.39 is 48.3 Å². The van der Waals surface area contributed by atoms with Crippen LogP contribution < -0.4 is 10.6 Å². The number of alkyl halides is 2. The van der Waals surface area contributed by atoms with E-state index in [1.54, 1.807) is 6.92 Å². The van der Waals surface area contributed by atoms with Crippen molar-refractivity contribution in [2.75, 3.05) is 13.2 Å². The van der Waals surface area contributed by atoms with E-state index in [1.165, 1.54) is 0 Å². The second-order valence-corrected chi connectivity index (χ2v) is 9.01. The van der Waals surface area contributed by atoms with Crippen molar-refractivity contribution in [3.05, 3.63) is 59.7 Å². The molecule has 186 valence electrons. The van der Waals surface area contributed by atoms with Gasteiger partial charge in [0.25, 0.3) is 5.92 Å². The highest BCUT2D eigenvalue weighted by molar-refractivity contribution is 5.84. The Kier molecular flexibility index (Phi) is 7.05. The molecule has 0 saturated heterocycles. The van der Waals surface area contributed by atoms with E-state index in [2.05, 4.69) is 10.6 Å². The number of carboxylic acid groups (broad SMARTS) is 1. The number of hydrogen-bond acceptors (Lipinski definition) is 4. The summed E-state index contributed by atoms with van der Waals surface area (Å²) in [4.78, 5) is 35.4. The highest BCUT2D eigenvalue weighted by Crippen LogP contribution is 2.55. The molecule has 2 aromatic rings. The molecule has 0 bridgehead atoms. The van der Waals surface area contributed by atoms with E-state index in [4.69, 9.17) is 9.84 Å². The summed E-state index contributed by atoms with van der Waals surface area (Å²) < 4.78 is 33.9. The Bertz CT molecular complexity index is 1080. The topological polar surface area (TPSA) is 105 Å². The molecule has 2 aliphatic carbocycles. The number of fused-ring (bicyclic) bond motifs is 3. The minimum atomic E-state index is -3.24. The average molecular weight is 487 g/mol. The molecule has 7 nitrogen and oxygen atoms in total. The fourth-order valence-corrected chi connectivity index (χ4v) is 4.81. The van der Waals surface area contributed by atoms with Gasteiger partial charge < -0.3 is 20.5 Å². The number of amides is 2. The third-order valence-electron chi connectivity index (χ3n) is 6.84. The number of aliphatic carboxylic acids is 1. The van der Waals surface area contributed by atoms with Crippen molar-refractivity contribution in [3.8, 4) is 11.1 Å². The zero-order valence-corrected chi connectivity index (χ0v) is 19.3. The molecule has 0 aliphatic heterocycles. The van der Waals surface area contributed by atoms with Crippen LogP contribution in [0.4, 0.5) is 13.6 Å². The van der Waals surface area contributed by atoms with Gasteiger partial charge >= 0.3 is 12.1 Å². The van der Waals surface area contributed by atoms with Crippen molar-refractivity contribution < 1.29 is 33.0 Å². The first-order valence-corrected chi connectivity index (χ1v) is 11.7. The van der Waals surface area contributed by atoms with E-state index in [-0.39, 0.29) is 25.4 Å². The van der Waals surface area contributed by atoms with Crippen LogP contribution >= 0.6 is 0 Å². The number of benzene rings is 2. The fourth-order valence-electron chi connectivity index (χ4n) is 4.81. The third kappa shape index (κ3) is 5.13. The minimum Gasteiger partial charge on any atom is -0.481 e. The van der Waals surface area contributed by atoms with E-state index in [0.29, 0.717) is 6.42 Å². The first-order chi connectivity index (χ1) is 16.7. The van der Waals surface area contributed by atoms with E-state index >= 15 is 0 Å². The highest BCUT2D eigenvalue weighted by Gasteiger charge is 2.71. The summed E-state index contributed by atoms with van der Waals surface area (Å²) in [7, 11) is 0. The standard InChI is InChI=1S/C26H28F2N2O5/c1-2-15(11-12-22(31)32)30-24(33)23-21(26(23,27)28)13-29-25(34)35-14-20-18-9-5-3-7-16(18)17-8-4-6-10-19(17)20/h3-10,15,20-21,23H,2,11-14H2,1H3,(H,29,34)(H,30,33)(H,31,32)/t15?,21-,23-/m0/s1. The summed E-state index contributed by atoms with van der Waals surface area (Å²) >= 11 is 0. The molecule has 35 heavy (non-hydrogen) atoms. The number of carboxylic acids is 1. The second-order valence-electron chi connectivity index (χ2n) is 9.01. The predicted octanol–water partition coefficient (Wildman–Crippen LogP) is 4.17. The lowest BCUT2D eigenvalue weighted by atomic mass is 9.98. The Labute approximate surface area is 201 Å². The maximum absolute atomic E-state index is 14.2. The Morgan fingerprint density at radius 1 is 1.06 bits per heavy atom. The average Bonchev–Trinajstić information content (AvgIpc) is 3.25. The van der Waals surface area contributed by atoms with Crippen LogP contribution in [-0.2, 0) is 14.3 Å². The van der Waals surface area contributed by atoms with Gasteiger partial charge in [0.2, 0.25) is 5.91 Å². The van der Waals surface area contributed by atoms with Gasteiger partial charge in [-0.05, 0) is 35.1 Å². The van der Waals surface area contributed by atoms with Gasteiger partial charge in [0.05, 0.1) is 5.92 Å². The molecular formula is C26H28F2N2O5. The van der Waals surface area contributed by atoms with Crippen molar-refractivity contribution in [1.82, 2.24) is 10.6 Å². The summed E-state index contributed by atoms with van der Waals surface area (Å²) in [5.41, 5.74) is 4.25. The smallest absolute Gasteiger partial charge is 0.407 e. The van der Waals surface area contributed by atoms with Gasteiger partial charge in [-0.25, -0.2) is 13.6 Å². The van der Waals surface area contributed by atoms with Crippen molar-refractivity contribution in [3.63, 3.8) is 0 Å². The second kappa shape index (κ2) is 10.0. The highest BCUT2D eigenvalue weighted by atomic mass is 19.3. The largest absolute Gasteiger partial charge is 0.481 e. The van der Waals surface area contributed by atoms with Crippen molar-refractivity contribution >= 4 is 18.0 Å². The number of halogens is 2. The molecule has 2 amide bonds. The Morgan fingerprint density at radius 3 is 2.23 bits per heavy atom. The third-order valence-corrected chi connectivity index (χ3v) is 6.84. The molecule has 1 saturated carbocycles. The molecule has 1 unspecified atom stereocenters. The Hall–Kier alpha value is -3.49. The van der Waals surface area contributed by atoms with Crippen molar-refractivity contribution in [2.45, 2.75) is 44.1 Å². The molecule has 0 aromatic heterocycles. The van der Waals surface area contributed by atoms with Gasteiger partial charge in [0.15, 0.2) is 0 Å². The zero-order valence-electron chi connectivity index (χ0n) is 19.3. The van der Waals surface area contributed by atoms with Crippen LogP contribution in [0.3, 0.4) is 0 Å². The minimum absolute atomic E-state index is 0.0621. The molecule has 3 atom stereocenters. The Balaban J connectivity index is 1.28. The molecule has 0 radical (unpaired) electrons. The number of ether oxygens (including phenoxy) is 1. The lowest BCUT2D eigenvalue weighted by molar-refractivity contribution is -0.137. The van der Waals surface area contributed by atoms with Crippen LogP contribution in [-0.4, -0.2) is 48.2 Å². The van der Waals surface area contributed by atoms with Crippen molar-refractivity contribution in [2.24, 2.45) is 11.8 Å². The summed E-state index contributed by atoms with van der Waals surface area (Å²) in [6.07, 6.45) is -0.382. The molecule has 9 heteroatoms. The first kappa shape index (κ1) is 24.6. The van der Waals surface area contributed by atoms with Crippen LogP contribution in [0.2, 0.25) is 0 Å². The lowest BCUT2D eigenvalue weighted by Crippen LogP contribution is -2.37. The van der Waals surface area contributed by atoms with E-state index in [0.717, 1.165) is 22.3 Å².